The molecule has 1 fully saturated rings. The molecule has 0 unspecified atom stereocenters. The molecule has 3 aromatic rings. The lowest BCUT2D eigenvalue weighted by Crippen LogP contribution is -2.73. The third kappa shape index (κ3) is 6.74. The lowest BCUT2D eigenvalue weighted by Gasteiger charge is -2.48. The van der Waals surface area contributed by atoms with Gasteiger partial charge in [0.15, 0.2) is 0 Å². The molecule has 0 spiro atoms. The number of ether oxygens (including phenoxy) is 2. The number of carbonyl (C=O) groups is 2. The van der Waals surface area contributed by atoms with E-state index in [2.05, 4.69) is 17.5 Å². The number of nitriles is 2. The molecular formula is C31H30N4O4. The van der Waals surface area contributed by atoms with Gasteiger partial charge in [-0.15, -0.1) is 0 Å². The Bertz CT molecular complexity index is 1390. The van der Waals surface area contributed by atoms with Crippen molar-refractivity contribution in [1.29, 1.82) is 10.5 Å². The fraction of sp³-hybridized carbons (Fsp3) is 0.290. The molecule has 2 amide bonds. The van der Waals surface area contributed by atoms with Crippen molar-refractivity contribution < 1.29 is 19.1 Å². The first kappa shape index (κ1) is 27.2. The van der Waals surface area contributed by atoms with Gasteiger partial charge in [0, 0.05) is 6.42 Å². The summed E-state index contributed by atoms with van der Waals surface area (Å²) < 4.78 is 11.5. The molecule has 0 aliphatic carbocycles. The van der Waals surface area contributed by atoms with E-state index in [1.165, 1.54) is 4.90 Å². The molecule has 1 heterocycles. The molecule has 1 saturated heterocycles. The molecule has 8 nitrogen and oxygen atoms in total. The van der Waals surface area contributed by atoms with Crippen molar-refractivity contribution in [3.05, 3.63) is 90.0 Å². The van der Waals surface area contributed by atoms with Crippen LogP contribution in [0, 0.1) is 22.7 Å². The quantitative estimate of drug-likeness (QED) is 0.475. The van der Waals surface area contributed by atoms with Gasteiger partial charge in [-0.1, -0.05) is 54.6 Å². The van der Waals surface area contributed by atoms with E-state index in [1.54, 1.807) is 57.2 Å². The van der Waals surface area contributed by atoms with Crippen molar-refractivity contribution in [3.63, 3.8) is 0 Å². The Labute approximate surface area is 228 Å². The van der Waals surface area contributed by atoms with Crippen molar-refractivity contribution in [2.45, 2.75) is 44.4 Å². The molecule has 0 radical (unpaired) electrons. The smallest absolute Gasteiger partial charge is 0.410 e. The Balaban J connectivity index is 1.44. The highest BCUT2D eigenvalue weighted by Gasteiger charge is 2.55. The van der Waals surface area contributed by atoms with Gasteiger partial charge in [-0.3, -0.25) is 9.69 Å². The van der Waals surface area contributed by atoms with Gasteiger partial charge in [-0.2, -0.15) is 10.5 Å². The van der Waals surface area contributed by atoms with E-state index < -0.39 is 29.2 Å². The summed E-state index contributed by atoms with van der Waals surface area (Å²) in [5.74, 6) is 0.0234. The van der Waals surface area contributed by atoms with Crippen LogP contribution in [0.4, 0.5) is 4.79 Å². The molecule has 3 aromatic carbocycles. The summed E-state index contributed by atoms with van der Waals surface area (Å²) in [4.78, 5) is 27.4. The number of benzene rings is 3. The number of rotatable bonds is 7. The van der Waals surface area contributed by atoms with Crippen LogP contribution in [0.15, 0.2) is 78.9 Å². The zero-order valence-electron chi connectivity index (χ0n) is 22.2. The summed E-state index contributed by atoms with van der Waals surface area (Å²) in [5.41, 5.74) is 1.42. The number of para-hydroxylation sites is 1. The lowest BCUT2D eigenvalue weighted by atomic mass is 9.92. The van der Waals surface area contributed by atoms with E-state index >= 15 is 0 Å². The second-order valence-electron chi connectivity index (χ2n) is 10.5. The summed E-state index contributed by atoms with van der Waals surface area (Å²) in [7, 11) is 0. The van der Waals surface area contributed by atoms with E-state index in [4.69, 9.17) is 14.7 Å². The van der Waals surface area contributed by atoms with Crippen LogP contribution < -0.4 is 10.1 Å². The van der Waals surface area contributed by atoms with Crippen molar-refractivity contribution in [2.75, 3.05) is 13.1 Å². The van der Waals surface area contributed by atoms with Crippen LogP contribution in [0.1, 0.15) is 31.9 Å². The molecule has 0 saturated carbocycles. The van der Waals surface area contributed by atoms with Gasteiger partial charge in [0.2, 0.25) is 5.60 Å². The Kier molecular flexibility index (Phi) is 7.88. The second-order valence-corrected chi connectivity index (χ2v) is 10.5. The number of nitrogens with zero attached hydrogens (tertiary/aromatic N) is 3. The van der Waals surface area contributed by atoms with Gasteiger partial charge >= 0.3 is 6.09 Å². The fourth-order valence-corrected chi connectivity index (χ4v) is 4.22. The van der Waals surface area contributed by atoms with Crippen molar-refractivity contribution in [3.8, 4) is 29.0 Å². The first-order valence-corrected chi connectivity index (χ1v) is 12.6. The zero-order chi connectivity index (χ0) is 28.0. The van der Waals surface area contributed by atoms with Crippen LogP contribution >= 0.6 is 0 Å². The van der Waals surface area contributed by atoms with E-state index in [1.807, 2.05) is 42.5 Å². The minimum absolute atomic E-state index is 0.0000771. The topological polar surface area (TPSA) is 115 Å². The Morgan fingerprint density at radius 3 is 2.08 bits per heavy atom. The van der Waals surface area contributed by atoms with E-state index in [0.29, 0.717) is 17.7 Å². The molecule has 1 aliphatic rings. The predicted octanol–water partition coefficient (Wildman–Crippen LogP) is 4.84. The highest BCUT2D eigenvalue weighted by molar-refractivity contribution is 5.90. The Hall–Kier alpha value is -4.82. The summed E-state index contributed by atoms with van der Waals surface area (Å²) in [6, 6.07) is 27.4. The van der Waals surface area contributed by atoms with Gasteiger partial charge in [0.05, 0.1) is 30.8 Å². The van der Waals surface area contributed by atoms with E-state index in [-0.39, 0.29) is 13.1 Å². The standard InChI is InChI=1S/C31H30N4O4/c1-30(2,3)39-29(37)35-20-31(21-35,38-27-7-5-4-6-8-27)28(36)34-26(19-33)17-22-9-13-24(14-10-22)25-15-11-23(18-32)12-16-25/h4-16,26H,17,20-21H2,1-3H3,(H,34,36)/t26-/m0/s1. The Morgan fingerprint density at radius 1 is 0.949 bits per heavy atom. The van der Waals surface area contributed by atoms with Crippen molar-refractivity contribution >= 4 is 12.0 Å². The van der Waals surface area contributed by atoms with E-state index in [0.717, 1.165) is 16.7 Å². The largest absolute Gasteiger partial charge is 0.474 e. The van der Waals surface area contributed by atoms with Gasteiger partial charge < -0.3 is 14.8 Å². The molecule has 39 heavy (non-hydrogen) atoms. The minimum atomic E-state index is -1.34. The average molecular weight is 523 g/mol. The maximum Gasteiger partial charge on any atom is 0.410 e. The van der Waals surface area contributed by atoms with E-state index in [9.17, 15) is 14.9 Å². The summed E-state index contributed by atoms with van der Waals surface area (Å²) in [5, 5.41) is 21.6. The molecule has 0 aromatic heterocycles. The van der Waals surface area contributed by atoms with Crippen LogP contribution in [0.25, 0.3) is 11.1 Å². The van der Waals surface area contributed by atoms with Gasteiger partial charge in [0.25, 0.3) is 5.91 Å². The maximum atomic E-state index is 13.5. The predicted molar refractivity (Wildman–Crippen MR) is 145 cm³/mol. The summed E-state index contributed by atoms with van der Waals surface area (Å²) in [6.07, 6.45) is -0.227. The number of amides is 2. The number of nitrogens with one attached hydrogen (secondary N) is 1. The van der Waals surface area contributed by atoms with Crippen LogP contribution in [0.5, 0.6) is 5.75 Å². The fourth-order valence-electron chi connectivity index (χ4n) is 4.22. The second kappa shape index (κ2) is 11.3. The van der Waals surface area contributed by atoms with Crippen LogP contribution in [0.3, 0.4) is 0 Å². The minimum Gasteiger partial charge on any atom is -0.474 e. The zero-order valence-corrected chi connectivity index (χ0v) is 22.2. The molecule has 0 bridgehead atoms. The number of likely N-dealkylation sites (tertiary alicyclic amines) is 1. The van der Waals surface area contributed by atoms with Gasteiger partial charge in [-0.05, 0) is 61.7 Å². The van der Waals surface area contributed by atoms with Gasteiger partial charge in [0.1, 0.15) is 17.4 Å². The molecule has 1 aliphatic heterocycles. The number of carbonyl (C=O) groups excluding carboxylic acids is 2. The molecule has 1 atom stereocenters. The third-order valence-electron chi connectivity index (χ3n) is 6.22. The maximum absolute atomic E-state index is 13.5. The monoisotopic (exact) mass is 522 g/mol. The molecule has 198 valence electrons. The molecular weight excluding hydrogens is 492 g/mol. The van der Waals surface area contributed by atoms with Crippen LogP contribution in [-0.4, -0.2) is 47.2 Å². The highest BCUT2D eigenvalue weighted by atomic mass is 16.6. The summed E-state index contributed by atoms with van der Waals surface area (Å²) >= 11 is 0. The van der Waals surface area contributed by atoms with Gasteiger partial charge in [-0.25, -0.2) is 4.79 Å². The summed E-state index contributed by atoms with van der Waals surface area (Å²) in [6.45, 7) is 5.33. The first-order chi connectivity index (χ1) is 18.6. The molecule has 4 rings (SSSR count). The normalized spacial score (nSPS) is 14.6. The lowest BCUT2D eigenvalue weighted by molar-refractivity contribution is -0.152. The highest BCUT2D eigenvalue weighted by Crippen LogP contribution is 2.30. The van der Waals surface area contributed by atoms with Crippen LogP contribution in [-0.2, 0) is 16.0 Å². The Morgan fingerprint density at radius 2 is 1.54 bits per heavy atom. The van der Waals surface area contributed by atoms with Crippen molar-refractivity contribution in [2.24, 2.45) is 0 Å². The van der Waals surface area contributed by atoms with Crippen molar-refractivity contribution in [1.82, 2.24) is 10.2 Å². The number of hydrogen-bond donors (Lipinski definition) is 1. The van der Waals surface area contributed by atoms with Crippen LogP contribution in [0.2, 0.25) is 0 Å². The first-order valence-electron chi connectivity index (χ1n) is 12.6. The number of hydrogen-bond acceptors (Lipinski definition) is 6. The SMILES string of the molecule is CC(C)(C)OC(=O)N1CC(Oc2ccccc2)(C(=O)N[C@H](C#N)Cc2ccc(-c3ccc(C#N)cc3)cc2)C1. The molecule has 8 heteroatoms. The molecule has 1 N–H and O–H groups in total. The third-order valence-corrected chi connectivity index (χ3v) is 6.22. The average Bonchev–Trinajstić information content (AvgIpc) is 2.90.